The maximum Gasteiger partial charge on any atom is 0.258 e. The summed E-state index contributed by atoms with van der Waals surface area (Å²) >= 11 is 1.57. The highest BCUT2D eigenvalue weighted by Gasteiger charge is 2.21. The third-order valence-electron chi connectivity index (χ3n) is 4.40. The fraction of sp³-hybridized carbons (Fsp3) is 0.190. The highest BCUT2D eigenvalue weighted by atomic mass is 32.2. The molecule has 0 aliphatic heterocycles. The number of thiophene rings is 1. The number of anilines is 1. The molecule has 1 aromatic heterocycles. The molecular weight excluding hydrogens is 408 g/mol. The molecule has 0 unspecified atom stereocenters. The molecule has 0 atom stereocenters. The van der Waals surface area contributed by atoms with E-state index in [9.17, 15) is 13.2 Å². The Morgan fingerprint density at radius 3 is 2.17 bits per heavy atom. The molecule has 3 aromatic rings. The monoisotopic (exact) mass is 430 g/mol. The van der Waals surface area contributed by atoms with Gasteiger partial charge in [-0.2, -0.15) is 0 Å². The molecule has 29 heavy (non-hydrogen) atoms. The van der Waals surface area contributed by atoms with Crippen LogP contribution >= 0.6 is 11.3 Å². The van der Waals surface area contributed by atoms with Crippen LogP contribution in [0.3, 0.4) is 0 Å². The Morgan fingerprint density at radius 2 is 1.66 bits per heavy atom. The molecule has 0 aliphatic carbocycles. The fourth-order valence-electron chi connectivity index (χ4n) is 2.74. The number of ether oxygens (including phenoxy) is 1. The van der Waals surface area contributed by atoms with Gasteiger partial charge in [-0.1, -0.05) is 6.07 Å². The number of carbonyl (C=O) groups is 1. The normalized spacial score (nSPS) is 11.4. The smallest absolute Gasteiger partial charge is 0.258 e. The Balaban J connectivity index is 1.93. The van der Waals surface area contributed by atoms with Gasteiger partial charge in [-0.15, -0.1) is 11.3 Å². The fourth-order valence-corrected chi connectivity index (χ4v) is 4.33. The second-order valence-corrected chi connectivity index (χ2v) is 9.66. The number of benzene rings is 2. The molecule has 0 saturated carbocycles. The van der Waals surface area contributed by atoms with Gasteiger partial charge < -0.3 is 9.64 Å². The van der Waals surface area contributed by atoms with Crippen molar-refractivity contribution in [1.82, 2.24) is 4.31 Å². The molecule has 0 fully saturated rings. The van der Waals surface area contributed by atoms with E-state index in [2.05, 4.69) is 0 Å². The predicted octanol–water partition coefficient (Wildman–Crippen LogP) is 3.85. The van der Waals surface area contributed by atoms with Gasteiger partial charge in [-0.05, 0) is 60.0 Å². The lowest BCUT2D eigenvalue weighted by molar-refractivity contribution is 0.0985. The molecule has 152 valence electrons. The summed E-state index contributed by atoms with van der Waals surface area (Å²) in [5, 5.41) is 1.97. The third kappa shape index (κ3) is 4.67. The summed E-state index contributed by atoms with van der Waals surface area (Å²) in [6.45, 7) is 0.417. The van der Waals surface area contributed by atoms with Gasteiger partial charge in [0.2, 0.25) is 10.0 Å². The Labute approximate surface area is 175 Å². The van der Waals surface area contributed by atoms with E-state index in [-0.39, 0.29) is 10.8 Å². The van der Waals surface area contributed by atoms with Crippen molar-refractivity contribution in [3.8, 4) is 5.75 Å². The van der Waals surface area contributed by atoms with Crippen LogP contribution in [0.5, 0.6) is 5.75 Å². The number of hydrogen-bond acceptors (Lipinski definition) is 5. The number of methoxy groups -OCH3 is 1. The molecule has 3 rings (SSSR count). The zero-order valence-corrected chi connectivity index (χ0v) is 18.0. The zero-order chi connectivity index (χ0) is 21.0. The van der Waals surface area contributed by atoms with Gasteiger partial charge in [0.05, 0.1) is 18.6 Å². The van der Waals surface area contributed by atoms with Crippen LogP contribution in [-0.2, 0) is 16.6 Å². The van der Waals surface area contributed by atoms with Gasteiger partial charge in [-0.25, -0.2) is 12.7 Å². The van der Waals surface area contributed by atoms with E-state index in [0.29, 0.717) is 17.9 Å². The molecular formula is C21H22N2O4S2. The Hall–Kier alpha value is -2.68. The van der Waals surface area contributed by atoms with Crippen molar-refractivity contribution in [1.29, 1.82) is 0 Å². The molecule has 0 spiro atoms. The summed E-state index contributed by atoms with van der Waals surface area (Å²) in [4.78, 5) is 16.1. The molecule has 6 nitrogen and oxygen atoms in total. The van der Waals surface area contributed by atoms with Crippen LogP contribution < -0.4 is 9.64 Å². The van der Waals surface area contributed by atoms with Crippen LogP contribution in [0.4, 0.5) is 5.69 Å². The minimum atomic E-state index is -3.54. The second-order valence-electron chi connectivity index (χ2n) is 6.48. The second kappa shape index (κ2) is 8.77. The van der Waals surface area contributed by atoms with Crippen LogP contribution in [0.15, 0.2) is 70.9 Å². The number of amides is 1. The lowest BCUT2D eigenvalue weighted by Crippen LogP contribution is -2.30. The van der Waals surface area contributed by atoms with Crippen molar-refractivity contribution in [2.24, 2.45) is 0 Å². The quantitative estimate of drug-likeness (QED) is 0.571. The average Bonchev–Trinajstić information content (AvgIpc) is 3.25. The van der Waals surface area contributed by atoms with Crippen molar-refractivity contribution < 1.29 is 17.9 Å². The molecule has 1 heterocycles. The predicted molar refractivity (Wildman–Crippen MR) is 115 cm³/mol. The Kier molecular flexibility index (Phi) is 6.36. The molecule has 0 radical (unpaired) electrons. The highest BCUT2D eigenvalue weighted by molar-refractivity contribution is 7.89. The summed E-state index contributed by atoms with van der Waals surface area (Å²) in [5.74, 6) is 0.493. The average molecular weight is 431 g/mol. The molecule has 2 aromatic carbocycles. The van der Waals surface area contributed by atoms with Gasteiger partial charge in [0.25, 0.3) is 5.91 Å². The summed E-state index contributed by atoms with van der Waals surface area (Å²) in [6.07, 6.45) is 0. The lowest BCUT2D eigenvalue weighted by Gasteiger charge is -2.23. The van der Waals surface area contributed by atoms with E-state index in [1.165, 1.54) is 26.2 Å². The van der Waals surface area contributed by atoms with Crippen LogP contribution in [0, 0.1) is 0 Å². The Morgan fingerprint density at radius 1 is 1.00 bits per heavy atom. The minimum Gasteiger partial charge on any atom is -0.497 e. The number of nitrogens with zero attached hydrogens (tertiary/aromatic N) is 2. The SMILES string of the molecule is COc1ccc(N(Cc2cccs2)C(=O)c2ccc(S(=O)(=O)N(C)C)cc2)cc1. The zero-order valence-electron chi connectivity index (χ0n) is 16.4. The van der Waals surface area contributed by atoms with E-state index >= 15 is 0 Å². The van der Waals surface area contributed by atoms with E-state index in [4.69, 9.17) is 4.74 Å². The van der Waals surface area contributed by atoms with Crippen molar-refractivity contribution >= 4 is 33.0 Å². The molecule has 0 aliphatic rings. The van der Waals surface area contributed by atoms with Gasteiger partial charge in [0, 0.05) is 30.2 Å². The number of rotatable bonds is 7. The van der Waals surface area contributed by atoms with Crippen molar-refractivity contribution in [3.05, 3.63) is 76.5 Å². The Bertz CT molecular complexity index is 1060. The molecule has 0 N–H and O–H groups in total. The number of carbonyl (C=O) groups excluding carboxylic acids is 1. The highest BCUT2D eigenvalue weighted by Crippen LogP contribution is 2.25. The standard InChI is InChI=1S/C21H22N2O4S2/c1-22(2)29(25,26)20-12-6-16(7-13-20)21(24)23(15-19-5-4-14-28-19)17-8-10-18(27-3)11-9-17/h4-14H,15H2,1-3H3. The minimum absolute atomic E-state index is 0.147. The third-order valence-corrected chi connectivity index (χ3v) is 7.09. The van der Waals surface area contributed by atoms with Crippen molar-refractivity contribution in [2.75, 3.05) is 26.1 Å². The molecule has 1 amide bonds. The molecule has 0 bridgehead atoms. The summed E-state index contributed by atoms with van der Waals surface area (Å²) in [5.41, 5.74) is 1.14. The summed E-state index contributed by atoms with van der Waals surface area (Å²) < 4.78 is 30.9. The van der Waals surface area contributed by atoms with Crippen LogP contribution in [0.1, 0.15) is 15.2 Å². The summed E-state index contributed by atoms with van der Waals surface area (Å²) in [6, 6.07) is 17.2. The number of sulfonamides is 1. The molecule has 0 saturated heterocycles. The lowest BCUT2D eigenvalue weighted by atomic mass is 10.1. The summed E-state index contributed by atoms with van der Waals surface area (Å²) in [7, 11) is 0.992. The van der Waals surface area contributed by atoms with E-state index < -0.39 is 10.0 Å². The first-order valence-electron chi connectivity index (χ1n) is 8.84. The first-order valence-corrected chi connectivity index (χ1v) is 11.2. The van der Waals surface area contributed by atoms with E-state index in [1.54, 1.807) is 47.6 Å². The first-order chi connectivity index (χ1) is 13.8. The van der Waals surface area contributed by atoms with Crippen LogP contribution in [-0.4, -0.2) is 39.8 Å². The topological polar surface area (TPSA) is 66.9 Å². The van der Waals surface area contributed by atoms with E-state index in [1.807, 2.05) is 29.6 Å². The molecule has 8 heteroatoms. The maximum absolute atomic E-state index is 13.3. The van der Waals surface area contributed by atoms with Crippen molar-refractivity contribution in [3.63, 3.8) is 0 Å². The van der Waals surface area contributed by atoms with Gasteiger partial charge in [0.1, 0.15) is 5.75 Å². The van der Waals surface area contributed by atoms with Gasteiger partial charge in [0.15, 0.2) is 0 Å². The number of hydrogen-bond donors (Lipinski definition) is 0. The first kappa shape index (κ1) is 21.0. The van der Waals surface area contributed by atoms with Crippen LogP contribution in [0.2, 0.25) is 0 Å². The van der Waals surface area contributed by atoms with Gasteiger partial charge in [-0.3, -0.25) is 4.79 Å². The largest absolute Gasteiger partial charge is 0.497 e. The van der Waals surface area contributed by atoms with E-state index in [0.717, 1.165) is 14.9 Å². The van der Waals surface area contributed by atoms with Crippen molar-refractivity contribution in [2.45, 2.75) is 11.4 Å². The maximum atomic E-state index is 13.3. The van der Waals surface area contributed by atoms with Crippen LogP contribution in [0.25, 0.3) is 0 Å². The van der Waals surface area contributed by atoms with Gasteiger partial charge >= 0.3 is 0 Å².